The first-order chi connectivity index (χ1) is 9.49. The molecule has 2 aliphatic carbocycles. The Morgan fingerprint density at radius 3 is 2.35 bits per heavy atom. The van der Waals surface area contributed by atoms with E-state index in [4.69, 9.17) is 0 Å². The molecule has 4 nitrogen and oxygen atoms in total. The number of piperidine rings is 1. The minimum Gasteiger partial charge on any atom is -0.481 e. The number of carbonyl (C=O) groups is 2. The molecule has 0 aromatic carbocycles. The Kier molecular flexibility index (Phi) is 3.35. The molecule has 0 spiro atoms. The van der Waals surface area contributed by atoms with Crippen LogP contribution in [0, 0.1) is 35.5 Å². The topological polar surface area (TPSA) is 57.6 Å². The summed E-state index contributed by atoms with van der Waals surface area (Å²) in [6, 6.07) is 0. The zero-order chi connectivity index (χ0) is 14.4. The molecule has 2 fully saturated rings. The number of hydrogen-bond acceptors (Lipinski definition) is 2. The maximum absolute atomic E-state index is 12.8. The lowest BCUT2D eigenvalue weighted by molar-refractivity contribution is -0.152. The second-order valence-electron chi connectivity index (χ2n) is 6.87. The molecule has 6 unspecified atom stereocenters. The highest BCUT2D eigenvalue weighted by Crippen LogP contribution is 2.49. The van der Waals surface area contributed by atoms with Crippen LogP contribution >= 0.6 is 0 Å². The number of carboxylic acids is 1. The van der Waals surface area contributed by atoms with Gasteiger partial charge < -0.3 is 10.0 Å². The van der Waals surface area contributed by atoms with Gasteiger partial charge in [0.15, 0.2) is 0 Å². The highest BCUT2D eigenvalue weighted by Gasteiger charge is 2.52. The number of likely N-dealkylation sites (tertiary alicyclic amines) is 1. The summed E-state index contributed by atoms with van der Waals surface area (Å²) in [5.74, 6) is -0.211. The number of fused-ring (bicyclic) bond motifs is 2. The van der Waals surface area contributed by atoms with Gasteiger partial charge in [0.25, 0.3) is 0 Å². The van der Waals surface area contributed by atoms with E-state index in [1.807, 2.05) is 11.0 Å². The number of allylic oxidation sites excluding steroid dienone is 2. The van der Waals surface area contributed by atoms with Gasteiger partial charge >= 0.3 is 5.97 Å². The van der Waals surface area contributed by atoms with E-state index >= 15 is 0 Å². The Hall–Kier alpha value is -1.32. The maximum atomic E-state index is 12.8. The zero-order valence-electron chi connectivity index (χ0n) is 12.2. The van der Waals surface area contributed by atoms with Crippen molar-refractivity contribution in [3.05, 3.63) is 12.2 Å². The molecule has 1 heterocycles. The van der Waals surface area contributed by atoms with Gasteiger partial charge in [-0.05, 0) is 36.5 Å². The van der Waals surface area contributed by atoms with Crippen molar-refractivity contribution in [3.8, 4) is 0 Å². The van der Waals surface area contributed by atoms with Crippen molar-refractivity contribution < 1.29 is 14.7 Å². The Morgan fingerprint density at radius 2 is 1.75 bits per heavy atom. The summed E-state index contributed by atoms with van der Waals surface area (Å²) in [4.78, 5) is 26.2. The molecular formula is C16H23NO3. The fourth-order valence-electron chi connectivity index (χ4n) is 4.17. The van der Waals surface area contributed by atoms with Gasteiger partial charge in [-0.15, -0.1) is 0 Å². The van der Waals surface area contributed by atoms with E-state index < -0.39 is 11.9 Å². The van der Waals surface area contributed by atoms with Crippen LogP contribution in [0.2, 0.25) is 0 Å². The molecular weight excluding hydrogens is 254 g/mol. The number of nitrogens with zero attached hydrogens (tertiary/aromatic N) is 1. The molecule has 1 saturated carbocycles. The van der Waals surface area contributed by atoms with E-state index in [-0.39, 0.29) is 23.7 Å². The Morgan fingerprint density at radius 1 is 1.10 bits per heavy atom. The van der Waals surface area contributed by atoms with E-state index in [2.05, 4.69) is 19.9 Å². The van der Waals surface area contributed by atoms with Crippen LogP contribution < -0.4 is 0 Å². The molecule has 1 N–H and O–H groups in total. The van der Waals surface area contributed by atoms with Crippen LogP contribution in [0.5, 0.6) is 0 Å². The minimum absolute atomic E-state index is 0.0626. The van der Waals surface area contributed by atoms with Crippen LogP contribution in [0.4, 0.5) is 0 Å². The minimum atomic E-state index is -0.807. The number of aliphatic carboxylic acids is 1. The first-order valence-electron chi connectivity index (χ1n) is 7.69. The molecule has 3 rings (SSSR count). The standard InChI is InChI=1S/C16H23NO3/c1-9-5-6-17(8-10(9)2)15(18)13-11-3-4-12(7-11)14(13)16(19)20/h3-4,9-14H,5-8H2,1-2H3,(H,19,20). The van der Waals surface area contributed by atoms with Gasteiger partial charge in [-0.2, -0.15) is 0 Å². The lowest BCUT2D eigenvalue weighted by atomic mass is 9.81. The molecule has 3 aliphatic rings. The van der Waals surface area contributed by atoms with Gasteiger partial charge in [-0.1, -0.05) is 26.0 Å². The second-order valence-corrected chi connectivity index (χ2v) is 6.87. The predicted octanol–water partition coefficient (Wildman–Crippen LogP) is 2.01. The molecule has 0 aromatic heterocycles. The van der Waals surface area contributed by atoms with E-state index in [0.29, 0.717) is 11.8 Å². The van der Waals surface area contributed by atoms with Gasteiger partial charge in [0, 0.05) is 13.1 Å². The molecule has 2 bridgehead atoms. The summed E-state index contributed by atoms with van der Waals surface area (Å²) in [7, 11) is 0. The van der Waals surface area contributed by atoms with Crippen LogP contribution in [0.25, 0.3) is 0 Å². The largest absolute Gasteiger partial charge is 0.481 e. The van der Waals surface area contributed by atoms with Crippen molar-refractivity contribution in [2.24, 2.45) is 35.5 Å². The molecule has 1 aliphatic heterocycles. The second kappa shape index (κ2) is 4.90. The molecule has 110 valence electrons. The number of hydrogen-bond donors (Lipinski definition) is 1. The van der Waals surface area contributed by atoms with E-state index in [1.54, 1.807) is 0 Å². The highest BCUT2D eigenvalue weighted by molar-refractivity contribution is 5.87. The van der Waals surface area contributed by atoms with Crippen LogP contribution in [0.3, 0.4) is 0 Å². The molecule has 4 heteroatoms. The molecule has 6 atom stereocenters. The van der Waals surface area contributed by atoms with Gasteiger partial charge in [0.2, 0.25) is 5.91 Å². The average Bonchev–Trinajstić information content (AvgIpc) is 3.01. The van der Waals surface area contributed by atoms with Crippen molar-refractivity contribution in [1.29, 1.82) is 0 Å². The Bertz CT molecular complexity index is 459. The summed E-state index contributed by atoms with van der Waals surface area (Å²) in [6.07, 6.45) is 5.92. The molecule has 0 radical (unpaired) electrons. The fourth-order valence-corrected chi connectivity index (χ4v) is 4.17. The number of carbonyl (C=O) groups excluding carboxylic acids is 1. The van der Waals surface area contributed by atoms with Gasteiger partial charge in [-0.3, -0.25) is 9.59 Å². The summed E-state index contributed by atoms with van der Waals surface area (Å²) < 4.78 is 0. The lowest BCUT2D eigenvalue weighted by Crippen LogP contribution is -2.48. The van der Waals surface area contributed by atoms with Crippen LogP contribution in [0.15, 0.2) is 12.2 Å². The van der Waals surface area contributed by atoms with Crippen molar-refractivity contribution in [2.75, 3.05) is 13.1 Å². The lowest BCUT2D eigenvalue weighted by Gasteiger charge is -2.38. The van der Waals surface area contributed by atoms with Crippen LogP contribution in [0.1, 0.15) is 26.7 Å². The fraction of sp³-hybridized carbons (Fsp3) is 0.750. The first-order valence-corrected chi connectivity index (χ1v) is 7.69. The molecule has 20 heavy (non-hydrogen) atoms. The number of rotatable bonds is 2. The quantitative estimate of drug-likeness (QED) is 0.786. The molecule has 0 aromatic rings. The van der Waals surface area contributed by atoms with E-state index in [0.717, 1.165) is 25.9 Å². The first kappa shape index (κ1) is 13.7. The Balaban J connectivity index is 1.77. The monoisotopic (exact) mass is 277 g/mol. The smallest absolute Gasteiger partial charge is 0.307 e. The summed E-state index contributed by atoms with van der Waals surface area (Å²) in [5, 5.41) is 9.44. The van der Waals surface area contributed by atoms with Crippen molar-refractivity contribution in [1.82, 2.24) is 4.90 Å². The number of carboxylic acid groups (broad SMARTS) is 1. The molecule has 1 saturated heterocycles. The Labute approximate surface area is 119 Å². The zero-order valence-corrected chi connectivity index (χ0v) is 12.2. The van der Waals surface area contributed by atoms with E-state index in [9.17, 15) is 14.7 Å². The predicted molar refractivity (Wildman–Crippen MR) is 74.9 cm³/mol. The van der Waals surface area contributed by atoms with Crippen molar-refractivity contribution >= 4 is 11.9 Å². The average molecular weight is 277 g/mol. The van der Waals surface area contributed by atoms with Crippen molar-refractivity contribution in [3.63, 3.8) is 0 Å². The maximum Gasteiger partial charge on any atom is 0.307 e. The van der Waals surface area contributed by atoms with Crippen LogP contribution in [-0.2, 0) is 9.59 Å². The summed E-state index contributed by atoms with van der Waals surface area (Å²) in [6.45, 7) is 5.98. The summed E-state index contributed by atoms with van der Waals surface area (Å²) >= 11 is 0. The van der Waals surface area contributed by atoms with Gasteiger partial charge in [-0.25, -0.2) is 0 Å². The van der Waals surface area contributed by atoms with E-state index in [1.165, 1.54) is 0 Å². The summed E-state index contributed by atoms with van der Waals surface area (Å²) in [5.41, 5.74) is 0. The third kappa shape index (κ3) is 2.05. The SMILES string of the molecule is CC1CCN(C(=O)C2C3C=CC(C3)C2C(=O)O)CC1C. The third-order valence-electron chi connectivity index (χ3n) is 5.68. The van der Waals surface area contributed by atoms with Crippen LogP contribution in [-0.4, -0.2) is 35.0 Å². The van der Waals surface area contributed by atoms with Gasteiger partial charge in [0.05, 0.1) is 11.8 Å². The normalized spacial score (nSPS) is 43.0. The number of amides is 1. The molecule has 1 amide bonds. The third-order valence-corrected chi connectivity index (χ3v) is 5.68. The van der Waals surface area contributed by atoms with Gasteiger partial charge in [0.1, 0.15) is 0 Å². The van der Waals surface area contributed by atoms with Crippen molar-refractivity contribution in [2.45, 2.75) is 26.7 Å². The highest BCUT2D eigenvalue weighted by atomic mass is 16.4.